The summed E-state index contributed by atoms with van der Waals surface area (Å²) in [6, 6.07) is 0. The van der Waals surface area contributed by atoms with Gasteiger partial charge in [-0.2, -0.15) is 0 Å². The van der Waals surface area contributed by atoms with Crippen LogP contribution in [-0.4, -0.2) is 40.3 Å². The first kappa shape index (κ1) is 12.1. The largest absolute Gasteiger partial charge is 0.393 e. The molecule has 94 valence electrons. The first-order chi connectivity index (χ1) is 8.00. The average Bonchev–Trinajstić information content (AvgIpc) is 2.85. The van der Waals surface area contributed by atoms with Crippen LogP contribution in [0.25, 0.3) is 0 Å². The maximum absolute atomic E-state index is 12.3. The quantitative estimate of drug-likeness (QED) is 0.838. The van der Waals surface area contributed by atoms with Gasteiger partial charge in [-0.3, -0.25) is 4.79 Å². The van der Waals surface area contributed by atoms with E-state index in [4.69, 9.17) is 4.52 Å². The molecule has 1 amide bonds. The van der Waals surface area contributed by atoms with E-state index < -0.39 is 0 Å². The van der Waals surface area contributed by atoms with Gasteiger partial charge in [0.2, 0.25) is 0 Å². The summed E-state index contributed by atoms with van der Waals surface area (Å²) in [5.41, 5.74) is 1.20. The third-order valence-electron chi connectivity index (χ3n) is 3.44. The van der Waals surface area contributed by atoms with E-state index in [0.29, 0.717) is 30.1 Å². The van der Waals surface area contributed by atoms with E-state index in [0.717, 1.165) is 6.42 Å². The van der Waals surface area contributed by atoms with Gasteiger partial charge < -0.3 is 14.5 Å². The first-order valence-corrected chi connectivity index (χ1v) is 5.91. The lowest BCUT2D eigenvalue weighted by Crippen LogP contribution is -2.31. The number of aliphatic hydroxyl groups excluding tert-OH is 1. The van der Waals surface area contributed by atoms with Gasteiger partial charge in [-0.25, -0.2) is 0 Å². The number of carbonyl (C=O) groups is 1. The summed E-state index contributed by atoms with van der Waals surface area (Å²) in [7, 11) is 0. The zero-order chi connectivity index (χ0) is 12.6. The maximum atomic E-state index is 12.3. The monoisotopic (exact) mass is 238 g/mol. The number of amides is 1. The molecule has 1 N–H and O–H groups in total. The van der Waals surface area contributed by atoms with Gasteiger partial charge in [0.05, 0.1) is 11.8 Å². The molecule has 17 heavy (non-hydrogen) atoms. The standard InChI is InChI=1S/C12H18N2O3/c1-7-11(9(3)17-13-7)12(16)14-5-4-10(6-14)8(2)15/h8,10,15H,4-6H2,1-3H3. The Morgan fingerprint density at radius 2 is 2.29 bits per heavy atom. The lowest BCUT2D eigenvalue weighted by atomic mass is 10.0. The molecule has 0 aromatic carbocycles. The van der Waals surface area contributed by atoms with Crippen molar-refractivity contribution >= 4 is 5.91 Å². The zero-order valence-electron chi connectivity index (χ0n) is 10.4. The Labute approximate surface area is 100 Å². The number of hydrogen-bond donors (Lipinski definition) is 1. The van der Waals surface area contributed by atoms with Crippen LogP contribution < -0.4 is 0 Å². The molecule has 1 saturated heterocycles. The van der Waals surface area contributed by atoms with Crippen LogP contribution in [0.2, 0.25) is 0 Å². The fourth-order valence-corrected chi connectivity index (χ4v) is 2.31. The number of rotatable bonds is 2. The smallest absolute Gasteiger partial charge is 0.259 e. The van der Waals surface area contributed by atoms with Gasteiger partial charge in [0.1, 0.15) is 11.3 Å². The molecule has 0 saturated carbocycles. The Hall–Kier alpha value is -1.36. The minimum Gasteiger partial charge on any atom is -0.393 e. The van der Waals surface area contributed by atoms with Gasteiger partial charge in [-0.1, -0.05) is 5.16 Å². The molecule has 2 atom stereocenters. The second kappa shape index (κ2) is 4.49. The molecule has 2 rings (SSSR count). The van der Waals surface area contributed by atoms with Crippen molar-refractivity contribution in [3.8, 4) is 0 Å². The molecule has 1 aromatic rings. The van der Waals surface area contributed by atoms with Gasteiger partial charge in [0, 0.05) is 19.0 Å². The molecule has 2 heterocycles. The highest BCUT2D eigenvalue weighted by molar-refractivity contribution is 5.96. The highest BCUT2D eigenvalue weighted by Crippen LogP contribution is 2.23. The van der Waals surface area contributed by atoms with E-state index >= 15 is 0 Å². The predicted molar refractivity (Wildman–Crippen MR) is 61.7 cm³/mol. The van der Waals surface area contributed by atoms with Crippen LogP contribution in [0, 0.1) is 19.8 Å². The SMILES string of the molecule is Cc1noc(C)c1C(=O)N1CCC(C(C)O)C1. The molecular weight excluding hydrogens is 220 g/mol. The third kappa shape index (κ3) is 2.20. The van der Waals surface area contributed by atoms with E-state index in [1.165, 1.54) is 0 Å². The summed E-state index contributed by atoms with van der Waals surface area (Å²) in [6.07, 6.45) is 0.490. The van der Waals surface area contributed by atoms with Crippen LogP contribution in [0.15, 0.2) is 4.52 Å². The minimum absolute atomic E-state index is 0.0376. The van der Waals surface area contributed by atoms with Gasteiger partial charge in [-0.15, -0.1) is 0 Å². The van der Waals surface area contributed by atoms with Crippen LogP contribution >= 0.6 is 0 Å². The van der Waals surface area contributed by atoms with Crippen molar-refractivity contribution in [3.05, 3.63) is 17.0 Å². The van der Waals surface area contributed by atoms with Crippen LogP contribution in [0.5, 0.6) is 0 Å². The summed E-state index contributed by atoms with van der Waals surface area (Å²) in [5.74, 6) is 0.705. The van der Waals surface area contributed by atoms with Gasteiger partial charge >= 0.3 is 0 Å². The van der Waals surface area contributed by atoms with Crippen molar-refractivity contribution in [3.63, 3.8) is 0 Å². The number of likely N-dealkylation sites (tertiary alicyclic amines) is 1. The van der Waals surface area contributed by atoms with Crippen LogP contribution in [0.4, 0.5) is 0 Å². The molecule has 1 aliphatic rings. The van der Waals surface area contributed by atoms with E-state index in [-0.39, 0.29) is 17.9 Å². The van der Waals surface area contributed by atoms with Crippen molar-refractivity contribution in [1.29, 1.82) is 0 Å². The second-order valence-corrected chi connectivity index (χ2v) is 4.74. The molecule has 0 radical (unpaired) electrons. The van der Waals surface area contributed by atoms with E-state index in [2.05, 4.69) is 5.16 Å². The molecule has 2 unspecified atom stereocenters. The summed E-state index contributed by atoms with van der Waals surface area (Å²) >= 11 is 0. The Kier molecular flexibility index (Phi) is 3.19. The second-order valence-electron chi connectivity index (χ2n) is 4.74. The number of hydrogen-bond acceptors (Lipinski definition) is 4. The summed E-state index contributed by atoms with van der Waals surface area (Å²) in [6.45, 7) is 6.59. The molecule has 5 heteroatoms. The fourth-order valence-electron chi connectivity index (χ4n) is 2.31. The van der Waals surface area contributed by atoms with Crippen molar-refractivity contribution in [2.24, 2.45) is 5.92 Å². The van der Waals surface area contributed by atoms with E-state index in [9.17, 15) is 9.90 Å². The molecule has 0 spiro atoms. The van der Waals surface area contributed by atoms with Crippen LogP contribution in [0.1, 0.15) is 35.2 Å². The van der Waals surface area contributed by atoms with Crippen molar-refractivity contribution in [2.75, 3.05) is 13.1 Å². The Bertz CT molecular complexity index is 406. The molecule has 0 bridgehead atoms. The topological polar surface area (TPSA) is 66.6 Å². The number of carbonyl (C=O) groups excluding carboxylic acids is 1. The molecule has 1 fully saturated rings. The van der Waals surface area contributed by atoms with Crippen molar-refractivity contribution < 1.29 is 14.4 Å². The molecule has 1 aromatic heterocycles. The van der Waals surface area contributed by atoms with Crippen LogP contribution in [0.3, 0.4) is 0 Å². The Morgan fingerprint density at radius 1 is 1.59 bits per heavy atom. The van der Waals surface area contributed by atoms with Gasteiger partial charge in [0.15, 0.2) is 0 Å². The fraction of sp³-hybridized carbons (Fsp3) is 0.667. The molecular formula is C12H18N2O3. The highest BCUT2D eigenvalue weighted by Gasteiger charge is 2.31. The molecule has 5 nitrogen and oxygen atoms in total. The summed E-state index contributed by atoms with van der Waals surface area (Å²) in [4.78, 5) is 14.0. The zero-order valence-corrected chi connectivity index (χ0v) is 10.4. The van der Waals surface area contributed by atoms with Crippen molar-refractivity contribution in [2.45, 2.75) is 33.3 Å². The lowest BCUT2D eigenvalue weighted by molar-refractivity contribution is 0.0760. The van der Waals surface area contributed by atoms with Gasteiger partial charge in [-0.05, 0) is 27.2 Å². The Morgan fingerprint density at radius 3 is 2.76 bits per heavy atom. The highest BCUT2D eigenvalue weighted by atomic mass is 16.5. The third-order valence-corrected chi connectivity index (χ3v) is 3.44. The first-order valence-electron chi connectivity index (χ1n) is 5.91. The van der Waals surface area contributed by atoms with E-state index in [1.807, 2.05) is 0 Å². The minimum atomic E-state index is -0.363. The number of nitrogens with zero attached hydrogens (tertiary/aromatic N) is 2. The van der Waals surface area contributed by atoms with Crippen LogP contribution in [-0.2, 0) is 0 Å². The summed E-state index contributed by atoms with van der Waals surface area (Å²) < 4.78 is 5.00. The molecule has 1 aliphatic heterocycles. The maximum Gasteiger partial charge on any atom is 0.259 e. The van der Waals surface area contributed by atoms with Crippen molar-refractivity contribution in [1.82, 2.24) is 10.1 Å². The number of aliphatic hydroxyl groups is 1. The van der Waals surface area contributed by atoms with E-state index in [1.54, 1.807) is 25.7 Å². The Balaban J connectivity index is 2.12. The predicted octanol–water partition coefficient (Wildman–Crippen LogP) is 1.13. The van der Waals surface area contributed by atoms with Gasteiger partial charge in [0.25, 0.3) is 5.91 Å². The normalized spacial score (nSPS) is 21.9. The average molecular weight is 238 g/mol. The summed E-state index contributed by atoms with van der Waals surface area (Å²) in [5, 5.41) is 13.3. The molecule has 0 aliphatic carbocycles. The number of aromatic nitrogens is 1. The number of aryl methyl sites for hydroxylation is 2. The lowest BCUT2D eigenvalue weighted by Gasteiger charge is -2.17.